The Labute approximate surface area is 169 Å². The van der Waals surface area contributed by atoms with E-state index in [1.807, 2.05) is 0 Å². The lowest BCUT2D eigenvalue weighted by molar-refractivity contribution is -0.115. The van der Waals surface area contributed by atoms with E-state index in [2.05, 4.69) is 15.5 Å². The summed E-state index contributed by atoms with van der Waals surface area (Å²) in [6.45, 7) is 1.44. The lowest BCUT2D eigenvalue weighted by Crippen LogP contribution is -2.22. The van der Waals surface area contributed by atoms with Gasteiger partial charge < -0.3 is 5.11 Å². The number of nitrogens with zero attached hydrogens (tertiary/aromatic N) is 3. The molecule has 0 spiro atoms. The zero-order valence-electron chi connectivity index (χ0n) is 14.7. The number of nitrogens with one attached hydrogen (secondary N) is 1. The Hall–Kier alpha value is -3.23. The summed E-state index contributed by atoms with van der Waals surface area (Å²) in [6, 6.07) is 12.8. The fraction of sp³-hybridized carbons (Fsp3) is 0.0526. The Balaban J connectivity index is 1.73. The quantitative estimate of drug-likeness (QED) is 0.488. The van der Waals surface area contributed by atoms with Crippen molar-refractivity contribution in [2.75, 3.05) is 4.90 Å². The molecule has 28 heavy (non-hydrogen) atoms. The number of phenols is 1. The maximum atomic E-state index is 12.1. The first-order valence-electron chi connectivity index (χ1n) is 8.08. The summed E-state index contributed by atoms with van der Waals surface area (Å²) in [6.07, 6.45) is 1.37. The zero-order valence-corrected chi connectivity index (χ0v) is 16.2. The molecule has 2 amide bonds. The monoisotopic (exact) mass is 414 g/mol. The fourth-order valence-corrected chi connectivity index (χ4v) is 3.37. The van der Waals surface area contributed by atoms with Crippen LogP contribution in [-0.4, -0.2) is 28.1 Å². The van der Waals surface area contributed by atoms with Crippen LogP contribution < -0.4 is 10.3 Å². The highest BCUT2D eigenvalue weighted by atomic mass is 35.5. The summed E-state index contributed by atoms with van der Waals surface area (Å²) >= 11 is 7.27. The third-order valence-corrected chi connectivity index (χ3v) is 4.63. The van der Waals surface area contributed by atoms with Crippen LogP contribution in [0.25, 0.3) is 0 Å². The lowest BCUT2D eigenvalue weighted by atomic mass is 10.2. The number of amides is 2. The van der Waals surface area contributed by atoms with Gasteiger partial charge in [0.2, 0.25) is 5.91 Å². The van der Waals surface area contributed by atoms with Gasteiger partial charge in [-0.25, -0.2) is 10.4 Å². The van der Waals surface area contributed by atoms with Gasteiger partial charge in [-0.3, -0.25) is 14.5 Å². The highest BCUT2D eigenvalue weighted by Gasteiger charge is 2.18. The van der Waals surface area contributed by atoms with E-state index < -0.39 is 5.91 Å². The molecule has 0 radical (unpaired) electrons. The molecule has 1 aromatic heterocycles. The van der Waals surface area contributed by atoms with E-state index >= 15 is 0 Å². The number of aromatic hydroxyl groups is 1. The molecule has 1 heterocycles. The van der Waals surface area contributed by atoms with Gasteiger partial charge in [0.05, 0.1) is 17.6 Å². The molecule has 0 atom stereocenters. The standard InChI is InChI=1S/C19H15ClN4O3S/c1-12(25)24(16-6-3-5-14(20)9-16)19-22-15(11-28-19)10-21-23-18(27)13-4-2-7-17(26)8-13/h2-11,26H,1H3,(H,23,27)/b21-10-. The van der Waals surface area contributed by atoms with Crippen LogP contribution in [0.15, 0.2) is 59.0 Å². The molecular formula is C19H15ClN4O3S. The Bertz CT molecular complexity index is 1050. The number of benzene rings is 2. The molecule has 0 aliphatic carbocycles. The Kier molecular flexibility index (Phi) is 6.03. The molecule has 0 saturated carbocycles. The van der Waals surface area contributed by atoms with Crippen molar-refractivity contribution >= 4 is 51.8 Å². The van der Waals surface area contributed by atoms with Crippen LogP contribution in [0.1, 0.15) is 23.0 Å². The van der Waals surface area contributed by atoms with Gasteiger partial charge in [0.25, 0.3) is 5.91 Å². The molecule has 2 aromatic carbocycles. The predicted octanol–water partition coefficient (Wildman–Crippen LogP) is 3.95. The first-order chi connectivity index (χ1) is 13.4. The van der Waals surface area contributed by atoms with Crippen molar-refractivity contribution in [1.82, 2.24) is 10.4 Å². The SMILES string of the molecule is CC(=O)N(c1cccc(Cl)c1)c1nc(/C=N\NC(=O)c2cccc(O)c2)cs1. The van der Waals surface area contributed by atoms with E-state index in [9.17, 15) is 14.7 Å². The maximum absolute atomic E-state index is 12.1. The minimum absolute atomic E-state index is 0.00823. The van der Waals surface area contributed by atoms with Crippen LogP contribution in [0.3, 0.4) is 0 Å². The summed E-state index contributed by atoms with van der Waals surface area (Å²) in [5.41, 5.74) is 3.72. The van der Waals surface area contributed by atoms with Crippen LogP contribution in [0.4, 0.5) is 10.8 Å². The minimum atomic E-state index is -0.466. The molecule has 3 aromatic rings. The second kappa shape index (κ2) is 8.64. The van der Waals surface area contributed by atoms with E-state index in [-0.39, 0.29) is 17.2 Å². The van der Waals surface area contributed by atoms with Crippen LogP contribution in [-0.2, 0) is 4.79 Å². The number of hydrogen-bond donors (Lipinski definition) is 2. The number of hydrazone groups is 1. The van der Waals surface area contributed by atoms with Gasteiger partial charge in [0.15, 0.2) is 5.13 Å². The number of phenolic OH excluding ortho intramolecular Hbond substituents is 1. The number of carbonyl (C=O) groups excluding carboxylic acids is 2. The second-order valence-corrected chi connectivity index (χ2v) is 6.91. The molecule has 2 N–H and O–H groups in total. The van der Waals surface area contributed by atoms with Crippen molar-refractivity contribution in [3.05, 3.63) is 70.2 Å². The Morgan fingerprint density at radius 1 is 1.25 bits per heavy atom. The van der Waals surface area contributed by atoms with Gasteiger partial charge in [-0.1, -0.05) is 23.7 Å². The first kappa shape index (κ1) is 19.5. The molecule has 9 heteroatoms. The highest BCUT2D eigenvalue weighted by molar-refractivity contribution is 7.14. The van der Waals surface area contributed by atoms with E-state index in [1.54, 1.807) is 41.8 Å². The van der Waals surface area contributed by atoms with E-state index in [1.165, 1.54) is 41.5 Å². The normalized spacial score (nSPS) is 10.8. The maximum Gasteiger partial charge on any atom is 0.271 e. The third kappa shape index (κ3) is 4.73. The summed E-state index contributed by atoms with van der Waals surface area (Å²) in [5, 5.41) is 15.9. The number of aromatic nitrogens is 1. The Morgan fingerprint density at radius 3 is 2.75 bits per heavy atom. The second-order valence-electron chi connectivity index (χ2n) is 5.64. The smallest absolute Gasteiger partial charge is 0.271 e. The molecule has 0 fully saturated rings. The van der Waals surface area contributed by atoms with Crippen LogP contribution in [0, 0.1) is 0 Å². The van der Waals surface area contributed by atoms with E-state index in [4.69, 9.17) is 11.6 Å². The van der Waals surface area contributed by atoms with Crippen molar-refractivity contribution in [2.24, 2.45) is 5.10 Å². The number of thiazole rings is 1. The first-order valence-corrected chi connectivity index (χ1v) is 9.34. The van der Waals surface area contributed by atoms with Gasteiger partial charge in [0, 0.05) is 22.9 Å². The average Bonchev–Trinajstić information content (AvgIpc) is 3.10. The van der Waals surface area contributed by atoms with Gasteiger partial charge in [0.1, 0.15) is 5.75 Å². The summed E-state index contributed by atoms with van der Waals surface area (Å²) in [4.78, 5) is 29.9. The summed E-state index contributed by atoms with van der Waals surface area (Å²) in [7, 11) is 0. The number of halogens is 1. The van der Waals surface area contributed by atoms with E-state index in [0.29, 0.717) is 21.5 Å². The average molecular weight is 415 g/mol. The van der Waals surface area contributed by atoms with Crippen molar-refractivity contribution in [1.29, 1.82) is 0 Å². The number of hydrogen-bond acceptors (Lipinski definition) is 6. The summed E-state index contributed by atoms with van der Waals surface area (Å²) in [5.74, 6) is -0.685. The van der Waals surface area contributed by atoms with Gasteiger partial charge >= 0.3 is 0 Å². The van der Waals surface area contributed by atoms with Crippen molar-refractivity contribution < 1.29 is 14.7 Å². The minimum Gasteiger partial charge on any atom is -0.508 e. The predicted molar refractivity (Wildman–Crippen MR) is 110 cm³/mol. The molecule has 3 rings (SSSR count). The molecule has 0 unspecified atom stereocenters. The number of carbonyl (C=O) groups is 2. The number of rotatable bonds is 5. The van der Waals surface area contributed by atoms with Gasteiger partial charge in [-0.2, -0.15) is 5.10 Å². The molecule has 0 bridgehead atoms. The highest BCUT2D eigenvalue weighted by Crippen LogP contribution is 2.30. The van der Waals surface area contributed by atoms with Gasteiger partial charge in [-0.15, -0.1) is 11.3 Å². The Morgan fingerprint density at radius 2 is 2.04 bits per heavy atom. The largest absolute Gasteiger partial charge is 0.508 e. The fourth-order valence-electron chi connectivity index (χ4n) is 2.35. The molecule has 0 aliphatic heterocycles. The zero-order chi connectivity index (χ0) is 20.1. The molecular weight excluding hydrogens is 400 g/mol. The molecule has 0 aliphatic rings. The van der Waals surface area contributed by atoms with E-state index in [0.717, 1.165) is 0 Å². The van der Waals surface area contributed by atoms with Crippen LogP contribution in [0.5, 0.6) is 5.75 Å². The third-order valence-electron chi connectivity index (χ3n) is 3.55. The van der Waals surface area contributed by atoms with Crippen molar-refractivity contribution in [3.8, 4) is 5.75 Å². The lowest BCUT2D eigenvalue weighted by Gasteiger charge is -2.18. The molecule has 142 valence electrons. The molecule has 0 saturated heterocycles. The molecule has 7 nitrogen and oxygen atoms in total. The summed E-state index contributed by atoms with van der Waals surface area (Å²) < 4.78 is 0. The van der Waals surface area contributed by atoms with Crippen LogP contribution in [0.2, 0.25) is 5.02 Å². The topological polar surface area (TPSA) is 94.9 Å². The van der Waals surface area contributed by atoms with Crippen molar-refractivity contribution in [2.45, 2.75) is 6.92 Å². The number of anilines is 2. The van der Waals surface area contributed by atoms with Gasteiger partial charge in [-0.05, 0) is 36.4 Å². The van der Waals surface area contributed by atoms with Crippen LogP contribution >= 0.6 is 22.9 Å². The van der Waals surface area contributed by atoms with Crippen molar-refractivity contribution in [3.63, 3.8) is 0 Å².